The smallest absolute Gasteiger partial charge is 0.465 e. The highest BCUT2D eigenvalue weighted by Gasteiger charge is 2.29. The van der Waals surface area contributed by atoms with Gasteiger partial charge in [-0.1, -0.05) is 0 Å². The fourth-order valence-electron chi connectivity index (χ4n) is 1.46. The lowest BCUT2D eigenvalue weighted by Crippen LogP contribution is -2.28. The summed E-state index contributed by atoms with van der Waals surface area (Å²) in [5.74, 6) is -0.427. The lowest BCUT2D eigenvalue weighted by molar-refractivity contribution is 0.0483. The summed E-state index contributed by atoms with van der Waals surface area (Å²) >= 11 is 0. The molecule has 0 unspecified atom stereocenters. The molecule has 0 saturated heterocycles. The van der Waals surface area contributed by atoms with Crippen LogP contribution in [0.5, 0.6) is 5.75 Å². The Morgan fingerprint density at radius 2 is 2.40 bits per heavy atom. The van der Waals surface area contributed by atoms with Gasteiger partial charge in [0.15, 0.2) is 18.4 Å². The molecule has 1 aliphatic heterocycles. The van der Waals surface area contributed by atoms with Crippen LogP contribution in [0.2, 0.25) is 0 Å². The minimum Gasteiger partial charge on any atom is -0.465 e. The molecule has 0 radical (unpaired) electrons. The molecule has 1 aromatic rings. The lowest BCUT2D eigenvalue weighted by Gasteiger charge is -2.07. The lowest BCUT2D eigenvalue weighted by atomic mass is 9.79. The second kappa shape index (κ2) is 4.18. The Morgan fingerprint density at radius 3 is 3.13 bits per heavy atom. The first kappa shape index (κ1) is 10.4. The molecule has 0 bridgehead atoms. The summed E-state index contributed by atoms with van der Waals surface area (Å²) < 4.78 is 28.0. The van der Waals surface area contributed by atoms with E-state index in [9.17, 15) is 9.41 Å². The molecule has 0 aromatic heterocycles. The van der Waals surface area contributed by atoms with E-state index in [2.05, 4.69) is 4.74 Å². The van der Waals surface area contributed by atoms with E-state index in [4.69, 9.17) is 9.39 Å². The van der Waals surface area contributed by atoms with Crippen LogP contribution in [-0.2, 0) is 16.0 Å². The number of fused-ring (bicyclic) bond motifs is 1. The molecule has 1 heterocycles. The van der Waals surface area contributed by atoms with E-state index in [0.29, 0.717) is 11.0 Å². The quantitative estimate of drug-likeness (QED) is 0.567. The highest BCUT2D eigenvalue weighted by molar-refractivity contribution is 6.61. The molecular weight excluding hydrogens is 202 g/mol. The Morgan fingerprint density at radius 1 is 1.60 bits per heavy atom. The summed E-state index contributed by atoms with van der Waals surface area (Å²) in [4.78, 5) is 0. The van der Waals surface area contributed by atoms with Crippen molar-refractivity contribution in [2.75, 3.05) is 13.9 Å². The zero-order valence-electron chi connectivity index (χ0n) is 8.20. The molecule has 1 N–H and O–H groups in total. The van der Waals surface area contributed by atoms with Gasteiger partial charge in [-0.2, -0.15) is 0 Å². The van der Waals surface area contributed by atoms with Crippen LogP contribution >= 0.6 is 0 Å². The van der Waals surface area contributed by atoms with Gasteiger partial charge in [-0.15, -0.1) is 0 Å². The summed E-state index contributed by atoms with van der Waals surface area (Å²) in [6.07, 6.45) is 0. The highest BCUT2D eigenvalue weighted by atomic mass is 19.1. The van der Waals surface area contributed by atoms with E-state index in [1.54, 1.807) is 0 Å². The minimum atomic E-state index is -0.995. The predicted octanol–water partition coefficient (Wildman–Crippen LogP) is 0.0261. The van der Waals surface area contributed by atoms with Crippen molar-refractivity contribution in [1.82, 2.24) is 0 Å². The molecule has 0 atom stereocenters. The van der Waals surface area contributed by atoms with Gasteiger partial charge in [0.1, 0.15) is 0 Å². The topological polar surface area (TPSA) is 47.9 Å². The van der Waals surface area contributed by atoms with Crippen molar-refractivity contribution in [2.24, 2.45) is 0 Å². The van der Waals surface area contributed by atoms with Crippen molar-refractivity contribution in [2.45, 2.75) is 6.61 Å². The van der Waals surface area contributed by atoms with Crippen LogP contribution in [0.1, 0.15) is 5.56 Å². The van der Waals surface area contributed by atoms with E-state index >= 15 is 0 Å². The largest absolute Gasteiger partial charge is 0.491 e. The molecule has 80 valence electrons. The number of ether oxygens (including phenoxy) is 2. The van der Waals surface area contributed by atoms with Crippen molar-refractivity contribution in [3.8, 4) is 5.75 Å². The van der Waals surface area contributed by atoms with Crippen LogP contribution < -0.4 is 10.2 Å². The Kier molecular flexibility index (Phi) is 2.90. The molecule has 2 rings (SSSR count). The predicted molar refractivity (Wildman–Crippen MR) is 51.3 cm³/mol. The van der Waals surface area contributed by atoms with Gasteiger partial charge in [0.25, 0.3) is 0 Å². The van der Waals surface area contributed by atoms with Crippen LogP contribution in [0.3, 0.4) is 0 Å². The maximum absolute atomic E-state index is 13.4. The summed E-state index contributed by atoms with van der Waals surface area (Å²) in [7, 11) is 0.453. The van der Waals surface area contributed by atoms with Gasteiger partial charge >= 0.3 is 7.12 Å². The number of rotatable bonds is 3. The summed E-state index contributed by atoms with van der Waals surface area (Å²) in [6, 6.07) is 2.73. The zero-order valence-corrected chi connectivity index (χ0v) is 8.20. The summed E-state index contributed by atoms with van der Waals surface area (Å²) in [5, 5.41) is 9.39. The highest BCUT2D eigenvalue weighted by Crippen LogP contribution is 2.20. The number of methoxy groups -OCH3 is 1. The van der Waals surface area contributed by atoms with E-state index in [0.717, 1.165) is 0 Å². The first-order chi connectivity index (χ1) is 7.22. The van der Waals surface area contributed by atoms with Crippen LogP contribution in [0, 0.1) is 5.82 Å². The maximum atomic E-state index is 13.4. The summed E-state index contributed by atoms with van der Waals surface area (Å²) in [5.41, 5.74) is 1.19. The Balaban J connectivity index is 2.28. The van der Waals surface area contributed by atoms with Gasteiger partial charge in [0.2, 0.25) is 0 Å². The fourth-order valence-corrected chi connectivity index (χ4v) is 1.46. The van der Waals surface area contributed by atoms with Gasteiger partial charge in [-0.05, 0) is 23.2 Å². The molecule has 15 heavy (non-hydrogen) atoms. The second-order valence-electron chi connectivity index (χ2n) is 3.20. The maximum Gasteiger partial charge on any atom is 0.491 e. The molecule has 0 amide bonds. The molecule has 0 spiro atoms. The van der Waals surface area contributed by atoms with E-state index < -0.39 is 12.9 Å². The average Bonchev–Trinajstić information content (AvgIpc) is 2.57. The van der Waals surface area contributed by atoms with Crippen molar-refractivity contribution in [3.63, 3.8) is 0 Å². The monoisotopic (exact) mass is 212 g/mol. The van der Waals surface area contributed by atoms with Crippen molar-refractivity contribution in [3.05, 3.63) is 23.5 Å². The van der Waals surface area contributed by atoms with Gasteiger partial charge < -0.3 is 19.2 Å². The van der Waals surface area contributed by atoms with Crippen LogP contribution in [-0.4, -0.2) is 26.0 Å². The minimum absolute atomic E-state index is 0.0351. The van der Waals surface area contributed by atoms with Crippen LogP contribution in [0.15, 0.2) is 12.1 Å². The third-order valence-corrected chi connectivity index (χ3v) is 2.19. The number of halogens is 1. The molecule has 0 aliphatic carbocycles. The van der Waals surface area contributed by atoms with Gasteiger partial charge in [-0.25, -0.2) is 4.39 Å². The third kappa shape index (κ3) is 1.97. The Bertz CT molecular complexity index is 371. The zero-order chi connectivity index (χ0) is 10.8. The molecule has 6 heteroatoms. The number of benzene rings is 1. The van der Waals surface area contributed by atoms with Gasteiger partial charge in [0.05, 0.1) is 6.61 Å². The standard InChI is InChI=1S/C9H10BFO4/c1-13-5-14-9-3-7-6(2-8(9)11)4-15-10(7)12/h2-3,12H,4-5H2,1H3. The van der Waals surface area contributed by atoms with Gasteiger partial charge in [-0.3, -0.25) is 0 Å². The van der Waals surface area contributed by atoms with Crippen LogP contribution in [0.4, 0.5) is 4.39 Å². The van der Waals surface area contributed by atoms with E-state index in [-0.39, 0.29) is 19.1 Å². The van der Waals surface area contributed by atoms with Crippen molar-refractivity contribution < 1.29 is 23.5 Å². The molecule has 1 aromatic carbocycles. The first-order valence-electron chi connectivity index (χ1n) is 4.46. The molecule has 4 nitrogen and oxygen atoms in total. The van der Waals surface area contributed by atoms with Crippen molar-refractivity contribution >= 4 is 12.6 Å². The third-order valence-electron chi connectivity index (χ3n) is 2.19. The van der Waals surface area contributed by atoms with E-state index in [1.807, 2.05) is 0 Å². The van der Waals surface area contributed by atoms with Crippen molar-refractivity contribution in [1.29, 1.82) is 0 Å². The van der Waals surface area contributed by atoms with Crippen LogP contribution in [0.25, 0.3) is 0 Å². The molecule has 0 saturated carbocycles. The molecule has 1 aliphatic rings. The average molecular weight is 212 g/mol. The first-order valence-corrected chi connectivity index (χ1v) is 4.46. The molecule has 0 fully saturated rings. The number of hydrogen-bond donors (Lipinski definition) is 1. The fraction of sp³-hybridized carbons (Fsp3) is 0.333. The van der Waals surface area contributed by atoms with Gasteiger partial charge in [0, 0.05) is 7.11 Å². The SMILES string of the molecule is COCOc1cc2c(cc1F)COB2O. The number of hydrogen-bond acceptors (Lipinski definition) is 4. The van der Waals surface area contributed by atoms with E-state index in [1.165, 1.54) is 19.2 Å². The Labute approximate surface area is 86.7 Å². The Hall–Kier alpha value is -1.11. The summed E-state index contributed by atoms with van der Waals surface area (Å²) in [6.45, 7) is 0.185. The second-order valence-corrected chi connectivity index (χ2v) is 3.20. The normalized spacial score (nSPS) is 14.2. The molecular formula is C9H10BFO4.